The number of nitrogens with zero attached hydrogens (tertiary/aromatic N) is 1. The van der Waals surface area contributed by atoms with Gasteiger partial charge in [0.1, 0.15) is 29.8 Å². The molecule has 1 amide bonds. The number of aliphatic hydroxyl groups excluding tert-OH is 3. The number of fused-ring (bicyclic) bond motifs is 1. The van der Waals surface area contributed by atoms with Crippen molar-refractivity contribution in [3.05, 3.63) is 35.9 Å². The molecule has 0 spiro atoms. The van der Waals surface area contributed by atoms with Gasteiger partial charge in [0.25, 0.3) is 5.91 Å². The van der Waals surface area contributed by atoms with Crippen LogP contribution in [0.5, 0.6) is 0 Å². The fourth-order valence-corrected chi connectivity index (χ4v) is 3.51. The van der Waals surface area contributed by atoms with Gasteiger partial charge in [0, 0.05) is 5.56 Å². The van der Waals surface area contributed by atoms with Gasteiger partial charge in [-0.2, -0.15) is 0 Å². The number of amides is 1. The Morgan fingerprint density at radius 1 is 1.27 bits per heavy atom. The molecule has 7 nitrogen and oxygen atoms in total. The van der Waals surface area contributed by atoms with Gasteiger partial charge in [0.2, 0.25) is 0 Å². The van der Waals surface area contributed by atoms with Crippen molar-refractivity contribution in [3.63, 3.8) is 0 Å². The quantitative estimate of drug-likeness (QED) is 0.574. The number of aliphatic imine (C=N–C) groups is 1. The lowest BCUT2D eigenvalue weighted by molar-refractivity contribution is -0.164. The summed E-state index contributed by atoms with van der Waals surface area (Å²) >= 11 is 1.16. The van der Waals surface area contributed by atoms with E-state index in [1.54, 1.807) is 24.3 Å². The van der Waals surface area contributed by atoms with Gasteiger partial charge in [-0.3, -0.25) is 9.79 Å². The number of ether oxygens (including phenoxy) is 1. The summed E-state index contributed by atoms with van der Waals surface area (Å²) in [5.41, 5.74) is -0.0444. The van der Waals surface area contributed by atoms with Crippen molar-refractivity contribution in [1.82, 2.24) is 5.32 Å². The molecule has 1 saturated heterocycles. The van der Waals surface area contributed by atoms with Gasteiger partial charge in [-0.05, 0) is 12.1 Å². The van der Waals surface area contributed by atoms with Crippen LogP contribution in [0, 0.1) is 0 Å². The average Bonchev–Trinajstić information content (AvgIpc) is 2.94. The van der Waals surface area contributed by atoms with Crippen molar-refractivity contribution in [3.8, 4) is 0 Å². The zero-order chi connectivity index (χ0) is 15.7. The van der Waals surface area contributed by atoms with Crippen LogP contribution in [0.25, 0.3) is 0 Å². The molecule has 8 heteroatoms. The standard InChI is InChI=1S/C14H16N2O5S/c17-6-8-10(18)11(19)9-13(21-8)22-14(15-9)16-12(20)7-4-2-1-3-5-7/h1-5,8-11,13,17-19H,6H2,(H,15,16,20)/t8-,9-,10-,11-,13-/m1/s1. The highest BCUT2D eigenvalue weighted by Crippen LogP contribution is 2.35. The van der Waals surface area contributed by atoms with Gasteiger partial charge in [-0.25, -0.2) is 0 Å². The Morgan fingerprint density at radius 2 is 2.00 bits per heavy atom. The van der Waals surface area contributed by atoms with Crippen LogP contribution in [0.1, 0.15) is 10.4 Å². The third-order valence-corrected chi connectivity index (χ3v) is 4.65. The first-order valence-corrected chi connectivity index (χ1v) is 7.71. The molecule has 22 heavy (non-hydrogen) atoms. The summed E-state index contributed by atoms with van der Waals surface area (Å²) in [5.74, 6) is -0.306. The van der Waals surface area contributed by atoms with Crippen LogP contribution in [0.15, 0.2) is 35.3 Å². The molecule has 0 radical (unpaired) electrons. The lowest BCUT2D eigenvalue weighted by Gasteiger charge is -2.37. The molecule has 3 rings (SSSR count). The highest BCUT2D eigenvalue weighted by molar-refractivity contribution is 8.14. The maximum atomic E-state index is 12.1. The van der Waals surface area contributed by atoms with Crippen LogP contribution in [-0.2, 0) is 4.74 Å². The summed E-state index contributed by atoms with van der Waals surface area (Å²) in [7, 11) is 0. The van der Waals surface area contributed by atoms with E-state index < -0.39 is 36.4 Å². The molecular formula is C14H16N2O5S. The minimum atomic E-state index is -1.21. The Morgan fingerprint density at radius 3 is 2.68 bits per heavy atom. The fourth-order valence-electron chi connectivity index (χ4n) is 2.40. The smallest absolute Gasteiger partial charge is 0.257 e. The van der Waals surface area contributed by atoms with Crippen LogP contribution >= 0.6 is 11.8 Å². The second-order valence-corrected chi connectivity index (χ2v) is 6.16. The predicted octanol–water partition coefficient (Wildman–Crippen LogP) is -0.673. The van der Waals surface area contributed by atoms with Crippen molar-refractivity contribution in [1.29, 1.82) is 0 Å². The second kappa shape index (κ2) is 6.35. The molecule has 2 heterocycles. The second-order valence-electron chi connectivity index (χ2n) is 5.07. The largest absolute Gasteiger partial charge is 0.394 e. The van der Waals surface area contributed by atoms with Crippen LogP contribution in [-0.4, -0.2) is 62.8 Å². The highest BCUT2D eigenvalue weighted by Gasteiger charge is 2.48. The molecule has 1 aromatic rings. The summed E-state index contributed by atoms with van der Waals surface area (Å²) in [5, 5.41) is 32.0. The van der Waals surface area contributed by atoms with E-state index >= 15 is 0 Å². The van der Waals surface area contributed by atoms with E-state index in [9.17, 15) is 15.0 Å². The van der Waals surface area contributed by atoms with E-state index in [1.165, 1.54) is 0 Å². The number of thioether (sulfide) groups is 1. The zero-order valence-electron chi connectivity index (χ0n) is 11.5. The molecule has 1 fully saturated rings. The van der Waals surface area contributed by atoms with Crippen molar-refractivity contribution >= 4 is 22.8 Å². The Hall–Kier alpha value is -1.45. The maximum Gasteiger partial charge on any atom is 0.257 e. The molecule has 2 aliphatic heterocycles. The van der Waals surface area contributed by atoms with E-state index in [0.717, 1.165) is 11.8 Å². The number of carbonyl (C=O) groups excluding carboxylic acids is 1. The summed E-state index contributed by atoms with van der Waals surface area (Å²) < 4.78 is 5.50. The van der Waals surface area contributed by atoms with Gasteiger partial charge < -0.3 is 25.4 Å². The Bertz CT molecular complexity index is 582. The first-order valence-electron chi connectivity index (χ1n) is 6.83. The third-order valence-electron chi connectivity index (χ3n) is 3.60. The van der Waals surface area contributed by atoms with Crippen LogP contribution in [0.4, 0.5) is 0 Å². The third kappa shape index (κ3) is 2.88. The first kappa shape index (κ1) is 15.4. The first-order chi connectivity index (χ1) is 10.6. The summed E-state index contributed by atoms with van der Waals surface area (Å²) in [6.45, 7) is -0.395. The number of hydrogen-bond donors (Lipinski definition) is 4. The predicted molar refractivity (Wildman–Crippen MR) is 80.5 cm³/mol. The number of hydrogen-bond acceptors (Lipinski definition) is 7. The molecular weight excluding hydrogens is 308 g/mol. The Kier molecular flexibility index (Phi) is 4.46. The summed E-state index contributed by atoms with van der Waals surface area (Å²) in [6.07, 6.45) is -3.21. The fraction of sp³-hybridized carbons (Fsp3) is 0.429. The molecule has 5 atom stereocenters. The van der Waals surface area contributed by atoms with Crippen molar-refractivity contribution in [2.75, 3.05) is 6.61 Å². The number of nitrogens with one attached hydrogen (secondary N) is 1. The van der Waals surface area contributed by atoms with E-state index in [-0.39, 0.29) is 5.91 Å². The van der Waals surface area contributed by atoms with Gasteiger partial charge in [-0.15, -0.1) is 0 Å². The lowest BCUT2D eigenvalue weighted by atomic mass is 9.99. The topological polar surface area (TPSA) is 111 Å². The number of benzene rings is 1. The molecule has 2 aliphatic rings. The molecule has 0 aromatic heterocycles. The van der Waals surface area contributed by atoms with Crippen LogP contribution in [0.2, 0.25) is 0 Å². The van der Waals surface area contributed by atoms with Gasteiger partial charge in [-0.1, -0.05) is 30.0 Å². The van der Waals surface area contributed by atoms with Crippen molar-refractivity contribution in [2.24, 2.45) is 4.99 Å². The molecule has 0 unspecified atom stereocenters. The lowest BCUT2D eigenvalue weighted by Crippen LogP contribution is -2.55. The van der Waals surface area contributed by atoms with Gasteiger partial charge >= 0.3 is 0 Å². The normalized spacial score (nSPS) is 34.0. The minimum Gasteiger partial charge on any atom is -0.394 e. The van der Waals surface area contributed by atoms with Crippen LogP contribution < -0.4 is 5.32 Å². The van der Waals surface area contributed by atoms with Gasteiger partial charge in [0.15, 0.2) is 5.17 Å². The number of rotatable bonds is 2. The monoisotopic (exact) mass is 324 g/mol. The molecule has 0 aliphatic carbocycles. The Balaban J connectivity index is 1.69. The molecule has 118 valence electrons. The summed E-state index contributed by atoms with van der Waals surface area (Å²) in [4.78, 5) is 16.3. The zero-order valence-corrected chi connectivity index (χ0v) is 12.3. The minimum absolute atomic E-state index is 0.306. The molecule has 4 N–H and O–H groups in total. The Labute approximate surface area is 131 Å². The number of aliphatic hydroxyl groups is 3. The van der Waals surface area contributed by atoms with Gasteiger partial charge in [0.05, 0.1) is 6.61 Å². The average molecular weight is 324 g/mol. The SMILES string of the molecule is O=C(NC1=N[C@@H]2[C@@H](O)[C@H](O)[C@@H](CO)O[C@@H]2S1)c1ccccc1. The molecule has 0 bridgehead atoms. The van der Waals surface area contributed by atoms with E-state index in [1.807, 2.05) is 6.07 Å². The van der Waals surface area contributed by atoms with Crippen LogP contribution in [0.3, 0.4) is 0 Å². The maximum absolute atomic E-state index is 12.1. The summed E-state index contributed by atoms with van der Waals surface area (Å²) in [6, 6.07) is 8.02. The van der Waals surface area contributed by atoms with E-state index in [0.29, 0.717) is 10.7 Å². The van der Waals surface area contributed by atoms with Crippen molar-refractivity contribution in [2.45, 2.75) is 29.8 Å². The van der Waals surface area contributed by atoms with E-state index in [2.05, 4.69) is 10.3 Å². The van der Waals surface area contributed by atoms with Crippen molar-refractivity contribution < 1.29 is 24.9 Å². The molecule has 0 saturated carbocycles. The van der Waals surface area contributed by atoms with E-state index in [4.69, 9.17) is 9.84 Å². The number of amidine groups is 1. The highest BCUT2D eigenvalue weighted by atomic mass is 32.2. The molecule has 1 aromatic carbocycles. The number of carbonyl (C=O) groups is 1.